The van der Waals surface area contributed by atoms with Crippen LogP contribution in [0.25, 0.3) is 22.3 Å². The van der Waals surface area contributed by atoms with Crippen LogP contribution in [0, 0.1) is 27.7 Å². The normalized spacial score (nSPS) is 16.9. The highest BCUT2D eigenvalue weighted by atomic mass is 79.9. The van der Waals surface area contributed by atoms with Crippen LogP contribution in [-0.2, 0) is 10.0 Å². The van der Waals surface area contributed by atoms with E-state index in [0.29, 0.717) is 15.6 Å². The monoisotopic (exact) mass is 670 g/mol. The Hall–Kier alpha value is -1.60. The fourth-order valence-electron chi connectivity index (χ4n) is 5.87. The van der Waals surface area contributed by atoms with Gasteiger partial charge in [-0.2, -0.15) is 8.78 Å². The van der Waals surface area contributed by atoms with Crippen LogP contribution >= 0.6 is 55.4 Å². The van der Waals surface area contributed by atoms with Crippen molar-refractivity contribution < 1.29 is 8.78 Å². The van der Waals surface area contributed by atoms with Crippen molar-refractivity contribution in [2.75, 3.05) is 11.5 Å². The van der Waals surface area contributed by atoms with Gasteiger partial charge in [0, 0.05) is 37.1 Å². The average molecular weight is 672 g/mol. The Morgan fingerprint density at radius 3 is 1.61 bits per heavy atom. The van der Waals surface area contributed by atoms with Crippen LogP contribution in [0.5, 0.6) is 0 Å². The molecule has 0 radical (unpaired) electrons. The second kappa shape index (κ2) is 9.50. The summed E-state index contributed by atoms with van der Waals surface area (Å²) >= 11 is 11.3. The Kier molecular flexibility index (Phi) is 6.65. The SMILES string of the molecule is Cc1ccc2c(c1)-c1cc(C)cc(Br)c1C2(F)F.Cc1ccc2c(c1)-c1cc(C)cc(Br)c1C21SCCS1. The molecule has 3 aliphatic rings. The van der Waals surface area contributed by atoms with Crippen LogP contribution < -0.4 is 0 Å². The molecule has 1 heterocycles. The minimum absolute atomic E-state index is 0.0914. The van der Waals surface area contributed by atoms with Gasteiger partial charge >= 0.3 is 5.92 Å². The second-order valence-corrected chi connectivity index (χ2v) is 14.9. The Bertz CT molecular complexity index is 1620. The highest BCUT2D eigenvalue weighted by Gasteiger charge is 2.48. The van der Waals surface area contributed by atoms with Gasteiger partial charge in [0.1, 0.15) is 4.08 Å². The van der Waals surface area contributed by atoms with Crippen molar-refractivity contribution in [3.8, 4) is 22.3 Å². The van der Waals surface area contributed by atoms with E-state index in [9.17, 15) is 8.78 Å². The first-order valence-corrected chi connectivity index (χ1v) is 16.1. The molecule has 0 bridgehead atoms. The van der Waals surface area contributed by atoms with Crippen LogP contribution in [-0.4, -0.2) is 11.5 Å². The van der Waals surface area contributed by atoms with Gasteiger partial charge in [0.15, 0.2) is 0 Å². The zero-order valence-corrected chi connectivity index (χ0v) is 26.3. The molecule has 0 saturated carbocycles. The highest BCUT2D eigenvalue weighted by Crippen LogP contribution is 2.65. The largest absolute Gasteiger partial charge is 0.300 e. The maximum absolute atomic E-state index is 14.4. The summed E-state index contributed by atoms with van der Waals surface area (Å²) in [6.07, 6.45) is 0. The molecule has 7 rings (SSSR count). The van der Waals surface area contributed by atoms with E-state index in [0.717, 1.165) is 11.1 Å². The predicted molar refractivity (Wildman–Crippen MR) is 167 cm³/mol. The third-order valence-electron chi connectivity index (χ3n) is 7.43. The molecule has 194 valence electrons. The second-order valence-electron chi connectivity index (χ2n) is 10.3. The standard InChI is InChI=1S/C17H15BrS2.C15H11BrF2/c1-10-3-4-14-12(7-10)13-8-11(2)9-15(18)16(13)17(14)19-5-6-20-17;1-8-3-4-12-10(5-8)11-6-9(2)7-13(16)14(11)15(12,17)18/h3-4,7-9H,5-6H2,1-2H3;3-7H,1-2H3. The minimum atomic E-state index is -2.91. The predicted octanol–water partition coefficient (Wildman–Crippen LogP) is 10.9. The molecule has 38 heavy (non-hydrogen) atoms. The molecule has 0 N–H and O–H groups in total. The number of thioether (sulfide) groups is 2. The Labute approximate surface area is 248 Å². The number of hydrogen-bond acceptors (Lipinski definition) is 2. The molecule has 2 aliphatic carbocycles. The van der Waals surface area contributed by atoms with Crippen molar-refractivity contribution in [3.63, 3.8) is 0 Å². The lowest BCUT2D eigenvalue weighted by Gasteiger charge is -2.25. The van der Waals surface area contributed by atoms with E-state index in [1.54, 1.807) is 12.1 Å². The van der Waals surface area contributed by atoms with Crippen molar-refractivity contribution in [3.05, 3.63) is 114 Å². The molecule has 1 fully saturated rings. The number of fused-ring (bicyclic) bond motifs is 8. The van der Waals surface area contributed by atoms with E-state index in [-0.39, 0.29) is 15.2 Å². The number of halogens is 4. The summed E-state index contributed by atoms with van der Waals surface area (Å²) in [5, 5.41) is 0. The molecule has 1 saturated heterocycles. The van der Waals surface area contributed by atoms with Crippen LogP contribution in [0.2, 0.25) is 0 Å². The Morgan fingerprint density at radius 2 is 1.03 bits per heavy atom. The van der Waals surface area contributed by atoms with Crippen LogP contribution in [0.3, 0.4) is 0 Å². The third-order valence-corrected chi connectivity index (χ3v) is 12.1. The summed E-state index contributed by atoms with van der Waals surface area (Å²) < 4.78 is 30.7. The fraction of sp³-hybridized carbons (Fsp3) is 0.250. The zero-order chi connectivity index (χ0) is 27.0. The summed E-state index contributed by atoms with van der Waals surface area (Å²) in [5.41, 5.74) is 12.0. The molecular formula is C32H26Br2F2S2. The van der Waals surface area contributed by atoms with Gasteiger partial charge in [0.25, 0.3) is 0 Å². The van der Waals surface area contributed by atoms with Crippen molar-refractivity contribution in [2.24, 2.45) is 0 Å². The molecule has 4 aromatic rings. The van der Waals surface area contributed by atoms with Crippen LogP contribution in [0.4, 0.5) is 8.78 Å². The summed E-state index contributed by atoms with van der Waals surface area (Å²) in [6.45, 7) is 8.20. The van der Waals surface area contributed by atoms with E-state index in [4.69, 9.17) is 0 Å². The van der Waals surface area contributed by atoms with Crippen molar-refractivity contribution in [2.45, 2.75) is 37.7 Å². The lowest BCUT2D eigenvalue weighted by molar-refractivity contribution is 0.0472. The van der Waals surface area contributed by atoms with Crippen LogP contribution in [0.1, 0.15) is 44.5 Å². The maximum atomic E-state index is 14.4. The maximum Gasteiger partial charge on any atom is 0.300 e. The van der Waals surface area contributed by atoms with E-state index in [1.165, 1.54) is 55.4 Å². The first-order chi connectivity index (χ1) is 18.0. The van der Waals surface area contributed by atoms with Crippen LogP contribution in [0.15, 0.2) is 69.6 Å². The van der Waals surface area contributed by atoms with Gasteiger partial charge < -0.3 is 0 Å². The van der Waals surface area contributed by atoms with E-state index in [1.807, 2.05) is 26.0 Å². The molecule has 4 aromatic carbocycles. The van der Waals surface area contributed by atoms with Gasteiger partial charge in [-0.05, 0) is 78.8 Å². The molecule has 6 heteroatoms. The van der Waals surface area contributed by atoms with Gasteiger partial charge in [0.05, 0.1) is 0 Å². The summed E-state index contributed by atoms with van der Waals surface area (Å²) in [7, 11) is 0. The summed E-state index contributed by atoms with van der Waals surface area (Å²) in [6, 6.07) is 20.3. The first kappa shape index (κ1) is 26.6. The van der Waals surface area contributed by atoms with Crippen molar-refractivity contribution in [1.29, 1.82) is 0 Å². The molecule has 0 atom stereocenters. The zero-order valence-electron chi connectivity index (χ0n) is 21.5. The van der Waals surface area contributed by atoms with E-state index >= 15 is 0 Å². The smallest absolute Gasteiger partial charge is 0.196 e. The molecule has 0 amide bonds. The lowest BCUT2D eigenvalue weighted by Crippen LogP contribution is -2.13. The van der Waals surface area contributed by atoms with E-state index in [2.05, 4.69) is 99.6 Å². The number of rotatable bonds is 0. The average Bonchev–Trinajstić information content (AvgIpc) is 3.48. The third kappa shape index (κ3) is 4.05. The van der Waals surface area contributed by atoms with Gasteiger partial charge in [-0.1, -0.05) is 91.5 Å². The minimum Gasteiger partial charge on any atom is -0.196 e. The molecule has 0 nitrogen and oxygen atoms in total. The topological polar surface area (TPSA) is 0 Å². The number of benzene rings is 4. The van der Waals surface area contributed by atoms with Gasteiger partial charge in [0.2, 0.25) is 0 Å². The van der Waals surface area contributed by atoms with Gasteiger partial charge in [-0.3, -0.25) is 0 Å². The van der Waals surface area contributed by atoms with Crippen molar-refractivity contribution >= 4 is 55.4 Å². The first-order valence-electron chi connectivity index (χ1n) is 12.5. The quantitative estimate of drug-likeness (QED) is 0.182. The fourth-order valence-corrected chi connectivity index (χ4v) is 11.3. The lowest BCUT2D eigenvalue weighted by atomic mass is 10.0. The highest BCUT2D eigenvalue weighted by molar-refractivity contribution is 9.10. The van der Waals surface area contributed by atoms with E-state index < -0.39 is 5.92 Å². The number of alkyl halides is 2. The molecule has 0 unspecified atom stereocenters. The number of hydrogen-bond donors (Lipinski definition) is 0. The molecular weight excluding hydrogens is 646 g/mol. The Balaban J connectivity index is 0.000000140. The summed E-state index contributed by atoms with van der Waals surface area (Å²) in [4.78, 5) is 0. The summed E-state index contributed by atoms with van der Waals surface area (Å²) in [5.74, 6) is -0.444. The van der Waals surface area contributed by atoms with Gasteiger partial charge in [-0.15, -0.1) is 23.5 Å². The Morgan fingerprint density at radius 1 is 0.579 bits per heavy atom. The number of aryl methyl sites for hydroxylation is 4. The van der Waals surface area contributed by atoms with Crippen molar-refractivity contribution in [1.82, 2.24) is 0 Å². The molecule has 1 aliphatic heterocycles. The molecule has 1 spiro atoms. The van der Waals surface area contributed by atoms with Gasteiger partial charge in [-0.25, -0.2) is 0 Å². The molecule has 0 aromatic heterocycles.